The highest BCUT2D eigenvalue weighted by Gasteiger charge is 2.43. The Morgan fingerprint density at radius 1 is 1.05 bits per heavy atom. The van der Waals surface area contributed by atoms with Crippen molar-refractivity contribution in [2.45, 2.75) is 12.5 Å². The molecule has 6 heteroatoms. The highest BCUT2D eigenvalue weighted by molar-refractivity contribution is 6.36. The molecule has 1 unspecified atom stereocenters. The van der Waals surface area contributed by atoms with E-state index in [2.05, 4.69) is 0 Å². The van der Waals surface area contributed by atoms with Gasteiger partial charge < -0.3 is 0 Å². The van der Waals surface area contributed by atoms with Crippen LogP contribution in [0.5, 0.6) is 0 Å². The van der Waals surface area contributed by atoms with Crippen molar-refractivity contribution < 1.29 is 14.8 Å². The fourth-order valence-corrected chi connectivity index (χ4v) is 2.67. The molecule has 22 heavy (non-hydrogen) atoms. The smallest absolute Gasteiger partial charge is 0.259 e. The number of hydroxylamine groups is 1. The molecule has 0 spiro atoms. The van der Waals surface area contributed by atoms with Crippen LogP contribution < -0.4 is 9.96 Å². The number of hydrogen-bond donors (Lipinski definition) is 1. The van der Waals surface area contributed by atoms with Gasteiger partial charge in [-0.05, 0) is 24.3 Å². The number of anilines is 2. The van der Waals surface area contributed by atoms with E-state index in [0.717, 1.165) is 9.96 Å². The van der Waals surface area contributed by atoms with Gasteiger partial charge in [-0.25, -0.2) is 9.96 Å². The Kier molecular flexibility index (Phi) is 3.83. The minimum absolute atomic E-state index is 0.102. The number of hydrogen-bond acceptors (Lipinski definition) is 4. The van der Waals surface area contributed by atoms with Gasteiger partial charge in [0.15, 0.2) is 0 Å². The van der Waals surface area contributed by atoms with Crippen LogP contribution in [0.1, 0.15) is 6.42 Å². The van der Waals surface area contributed by atoms with Crippen molar-refractivity contribution >= 4 is 34.8 Å². The predicted molar refractivity (Wildman–Crippen MR) is 83.1 cm³/mol. The van der Waals surface area contributed by atoms with E-state index in [9.17, 15) is 14.8 Å². The lowest BCUT2D eigenvalue weighted by molar-refractivity contribution is -0.121. The molecule has 1 atom stereocenters. The monoisotopic (exact) mass is 316 g/mol. The summed E-state index contributed by atoms with van der Waals surface area (Å²) in [6.07, 6.45) is -0.102. The molecule has 0 aromatic heterocycles. The zero-order valence-electron chi connectivity index (χ0n) is 11.5. The second-order valence-corrected chi connectivity index (χ2v) is 5.33. The Morgan fingerprint density at radius 2 is 1.68 bits per heavy atom. The molecule has 1 fully saturated rings. The number of carbonyl (C=O) groups is 2. The first kappa shape index (κ1) is 14.6. The lowest BCUT2D eigenvalue weighted by Crippen LogP contribution is -2.40. The van der Waals surface area contributed by atoms with E-state index in [4.69, 9.17) is 11.6 Å². The summed E-state index contributed by atoms with van der Waals surface area (Å²) in [5, 5.41) is 11.4. The summed E-state index contributed by atoms with van der Waals surface area (Å²) in [6, 6.07) is 14.3. The van der Waals surface area contributed by atoms with E-state index in [0.29, 0.717) is 16.4 Å². The maximum absolute atomic E-state index is 12.5. The van der Waals surface area contributed by atoms with Gasteiger partial charge in [0.2, 0.25) is 5.91 Å². The summed E-state index contributed by atoms with van der Waals surface area (Å²) in [4.78, 5) is 25.7. The molecule has 1 heterocycles. The van der Waals surface area contributed by atoms with Crippen molar-refractivity contribution in [1.29, 1.82) is 0 Å². The van der Waals surface area contributed by atoms with Gasteiger partial charge in [0.05, 0.1) is 22.8 Å². The van der Waals surface area contributed by atoms with Gasteiger partial charge in [0.25, 0.3) is 5.91 Å². The zero-order chi connectivity index (χ0) is 15.7. The molecule has 0 aliphatic carbocycles. The Morgan fingerprint density at radius 3 is 2.36 bits per heavy atom. The number of benzene rings is 2. The fourth-order valence-electron chi connectivity index (χ4n) is 2.45. The molecule has 2 aromatic rings. The topological polar surface area (TPSA) is 60.9 Å². The van der Waals surface area contributed by atoms with Crippen LogP contribution in [0.25, 0.3) is 0 Å². The molecule has 1 aliphatic heterocycles. The van der Waals surface area contributed by atoms with Gasteiger partial charge in [-0.3, -0.25) is 14.8 Å². The molecule has 0 saturated carbocycles. The number of amides is 2. The van der Waals surface area contributed by atoms with Crippen molar-refractivity contribution in [3.8, 4) is 0 Å². The molecule has 5 nitrogen and oxygen atoms in total. The molecule has 0 radical (unpaired) electrons. The van der Waals surface area contributed by atoms with Crippen molar-refractivity contribution in [3.05, 3.63) is 59.6 Å². The molecule has 2 aromatic carbocycles. The molecule has 112 valence electrons. The van der Waals surface area contributed by atoms with Gasteiger partial charge in [-0.15, -0.1) is 0 Å². The van der Waals surface area contributed by atoms with Crippen LogP contribution in [0.15, 0.2) is 54.6 Å². The summed E-state index contributed by atoms with van der Waals surface area (Å²) >= 11 is 6.06. The van der Waals surface area contributed by atoms with Crippen molar-refractivity contribution in [1.82, 2.24) is 0 Å². The normalized spacial score (nSPS) is 17.9. The quantitative estimate of drug-likeness (QED) is 0.698. The summed E-state index contributed by atoms with van der Waals surface area (Å²) < 4.78 is 0. The van der Waals surface area contributed by atoms with Crippen molar-refractivity contribution in [3.63, 3.8) is 0 Å². The largest absolute Gasteiger partial charge is 0.288 e. The van der Waals surface area contributed by atoms with E-state index >= 15 is 0 Å². The Balaban J connectivity index is 1.91. The second-order valence-electron chi connectivity index (χ2n) is 4.92. The fraction of sp³-hybridized carbons (Fsp3) is 0.125. The zero-order valence-corrected chi connectivity index (χ0v) is 12.3. The lowest BCUT2D eigenvalue weighted by Gasteiger charge is -2.23. The van der Waals surface area contributed by atoms with Gasteiger partial charge in [-0.1, -0.05) is 41.9 Å². The first-order valence-corrected chi connectivity index (χ1v) is 7.12. The van der Waals surface area contributed by atoms with Crippen LogP contribution in [0.4, 0.5) is 11.4 Å². The molecule has 2 amide bonds. The average molecular weight is 317 g/mol. The minimum atomic E-state index is -0.953. The third-order valence-electron chi connectivity index (χ3n) is 3.53. The number of carbonyl (C=O) groups excluding carboxylic acids is 2. The van der Waals surface area contributed by atoms with Crippen LogP contribution in [-0.2, 0) is 9.59 Å². The van der Waals surface area contributed by atoms with Gasteiger partial charge in [0.1, 0.15) is 6.04 Å². The van der Waals surface area contributed by atoms with Crippen LogP contribution >= 0.6 is 11.6 Å². The standard InChI is InChI=1S/C16H13ClN2O3/c17-12-8-4-5-9-13(12)18-15(20)10-14(16(18)21)19(22)11-6-2-1-3-7-11/h1-9,14,22H,10H2. The van der Waals surface area contributed by atoms with Crippen LogP contribution in [-0.4, -0.2) is 23.1 Å². The van der Waals surface area contributed by atoms with Gasteiger partial charge >= 0.3 is 0 Å². The van der Waals surface area contributed by atoms with E-state index in [-0.39, 0.29) is 6.42 Å². The molecule has 1 saturated heterocycles. The Hall–Kier alpha value is -2.37. The summed E-state index contributed by atoms with van der Waals surface area (Å²) in [6.45, 7) is 0. The van der Waals surface area contributed by atoms with Crippen LogP contribution in [0, 0.1) is 0 Å². The minimum Gasteiger partial charge on any atom is -0.288 e. The van der Waals surface area contributed by atoms with Crippen LogP contribution in [0.3, 0.4) is 0 Å². The lowest BCUT2D eigenvalue weighted by atomic mass is 10.2. The number of halogens is 1. The predicted octanol–water partition coefficient (Wildman–Crippen LogP) is 2.87. The number of imide groups is 1. The first-order chi connectivity index (χ1) is 10.6. The number of para-hydroxylation sites is 2. The molecule has 1 aliphatic rings. The molecular formula is C16H13ClN2O3. The van der Waals surface area contributed by atoms with Gasteiger partial charge in [-0.2, -0.15) is 0 Å². The molecule has 0 bridgehead atoms. The third kappa shape index (κ3) is 2.45. The molecule has 3 rings (SSSR count). The van der Waals surface area contributed by atoms with Gasteiger partial charge in [0, 0.05) is 0 Å². The summed E-state index contributed by atoms with van der Waals surface area (Å²) in [5.41, 5.74) is 0.790. The second kappa shape index (κ2) is 5.79. The van der Waals surface area contributed by atoms with E-state index in [1.54, 1.807) is 54.6 Å². The van der Waals surface area contributed by atoms with Crippen molar-refractivity contribution in [2.24, 2.45) is 0 Å². The number of rotatable bonds is 3. The van der Waals surface area contributed by atoms with E-state index < -0.39 is 17.9 Å². The SMILES string of the molecule is O=C1CC(N(O)c2ccccc2)C(=O)N1c1ccccc1Cl. The highest BCUT2D eigenvalue weighted by atomic mass is 35.5. The summed E-state index contributed by atoms with van der Waals surface area (Å²) in [7, 11) is 0. The molecule has 1 N–H and O–H groups in total. The third-order valence-corrected chi connectivity index (χ3v) is 3.85. The maximum Gasteiger partial charge on any atom is 0.259 e. The Bertz CT molecular complexity index is 720. The Labute approximate surface area is 132 Å². The van der Waals surface area contributed by atoms with Crippen molar-refractivity contribution in [2.75, 3.05) is 9.96 Å². The average Bonchev–Trinajstić information content (AvgIpc) is 2.83. The van der Waals surface area contributed by atoms with Crippen LogP contribution in [0.2, 0.25) is 5.02 Å². The molecular weight excluding hydrogens is 304 g/mol. The van der Waals surface area contributed by atoms with E-state index in [1.807, 2.05) is 0 Å². The summed E-state index contributed by atoms with van der Waals surface area (Å²) in [5.74, 6) is -0.887. The van der Waals surface area contributed by atoms with E-state index in [1.165, 1.54) is 0 Å². The highest BCUT2D eigenvalue weighted by Crippen LogP contribution is 2.32. The first-order valence-electron chi connectivity index (χ1n) is 6.74. The maximum atomic E-state index is 12.5. The number of nitrogens with zero attached hydrogens (tertiary/aromatic N) is 2.